The van der Waals surface area contributed by atoms with Crippen molar-refractivity contribution in [3.05, 3.63) is 59.5 Å². The summed E-state index contributed by atoms with van der Waals surface area (Å²) >= 11 is 0. The highest BCUT2D eigenvalue weighted by Crippen LogP contribution is 2.32. The molecule has 0 aliphatic heterocycles. The number of hydrogen-bond donors (Lipinski definition) is 1. The van der Waals surface area contributed by atoms with E-state index in [9.17, 15) is 14.4 Å². The first-order valence-corrected chi connectivity index (χ1v) is 9.24. The third kappa shape index (κ3) is 5.29. The van der Waals surface area contributed by atoms with Crippen LogP contribution < -0.4 is 5.32 Å². The quantitative estimate of drug-likeness (QED) is 0.596. The maximum Gasteiger partial charge on any atom is 0.325 e. The summed E-state index contributed by atoms with van der Waals surface area (Å²) in [6.07, 6.45) is 7.60. The van der Waals surface area contributed by atoms with Crippen LogP contribution in [0, 0.1) is 0 Å². The molecule has 0 spiro atoms. The molecular formula is C21H23NO5. The first-order chi connectivity index (χ1) is 13.1. The second-order valence-electron chi connectivity index (χ2n) is 6.70. The van der Waals surface area contributed by atoms with Crippen LogP contribution in [0.3, 0.4) is 0 Å². The summed E-state index contributed by atoms with van der Waals surface area (Å²) in [5.74, 6) is -0.769. The van der Waals surface area contributed by atoms with Crippen molar-refractivity contribution in [3.8, 4) is 0 Å². The molecule has 1 amide bonds. The molecule has 0 unspecified atom stereocenters. The minimum absolute atomic E-state index is 0.108. The van der Waals surface area contributed by atoms with Crippen LogP contribution in [-0.2, 0) is 9.53 Å². The molecule has 1 aromatic heterocycles. The molecule has 1 heterocycles. The third-order valence-electron chi connectivity index (χ3n) is 4.81. The molecule has 1 saturated carbocycles. The fourth-order valence-corrected chi connectivity index (χ4v) is 3.30. The summed E-state index contributed by atoms with van der Waals surface area (Å²) < 4.78 is 9.86. The van der Waals surface area contributed by atoms with E-state index in [0.29, 0.717) is 11.5 Å². The molecule has 0 radical (unpaired) electrons. The van der Waals surface area contributed by atoms with Crippen molar-refractivity contribution in [3.63, 3.8) is 0 Å². The summed E-state index contributed by atoms with van der Waals surface area (Å²) in [5.41, 5.74) is 1.78. The Balaban J connectivity index is 1.43. The van der Waals surface area contributed by atoms with E-state index >= 15 is 0 Å². The van der Waals surface area contributed by atoms with Crippen molar-refractivity contribution in [2.24, 2.45) is 0 Å². The predicted octanol–water partition coefficient (Wildman–Crippen LogP) is 3.48. The van der Waals surface area contributed by atoms with Crippen LogP contribution in [0.4, 0.5) is 0 Å². The lowest BCUT2D eigenvalue weighted by Crippen LogP contribution is -2.31. The lowest BCUT2D eigenvalue weighted by Gasteiger charge is -2.22. The highest BCUT2D eigenvalue weighted by molar-refractivity contribution is 5.98. The normalized spacial score (nSPS) is 14.5. The smallest absolute Gasteiger partial charge is 0.325 e. The summed E-state index contributed by atoms with van der Waals surface area (Å²) in [6.45, 7) is -0.675. The van der Waals surface area contributed by atoms with Gasteiger partial charge in [0.15, 0.2) is 18.2 Å². The van der Waals surface area contributed by atoms with E-state index in [1.807, 2.05) is 12.1 Å². The Bertz CT molecular complexity index is 773. The molecule has 6 heteroatoms. The van der Waals surface area contributed by atoms with Gasteiger partial charge in [0, 0.05) is 5.56 Å². The molecule has 0 bridgehead atoms. The fraction of sp³-hybridized carbons (Fsp3) is 0.381. The van der Waals surface area contributed by atoms with Gasteiger partial charge in [-0.25, -0.2) is 0 Å². The molecule has 1 aliphatic carbocycles. The lowest BCUT2D eigenvalue weighted by atomic mass is 9.84. The van der Waals surface area contributed by atoms with Crippen molar-refractivity contribution in [1.29, 1.82) is 0 Å². The van der Waals surface area contributed by atoms with Gasteiger partial charge in [0.1, 0.15) is 6.54 Å². The topological polar surface area (TPSA) is 85.6 Å². The Morgan fingerprint density at radius 1 is 1.04 bits per heavy atom. The van der Waals surface area contributed by atoms with Gasteiger partial charge in [0.2, 0.25) is 0 Å². The van der Waals surface area contributed by atoms with E-state index < -0.39 is 11.9 Å². The molecule has 0 atom stereocenters. The Kier molecular flexibility index (Phi) is 6.41. The van der Waals surface area contributed by atoms with Crippen LogP contribution in [0.1, 0.15) is 64.5 Å². The maximum absolute atomic E-state index is 12.2. The van der Waals surface area contributed by atoms with Crippen molar-refractivity contribution >= 4 is 17.7 Å². The number of ketones is 1. The number of rotatable bonds is 7. The third-order valence-corrected chi connectivity index (χ3v) is 4.81. The molecule has 6 nitrogen and oxygen atoms in total. The number of hydrogen-bond acceptors (Lipinski definition) is 5. The zero-order chi connectivity index (χ0) is 19.1. The summed E-state index contributed by atoms with van der Waals surface area (Å²) in [5, 5.41) is 2.37. The van der Waals surface area contributed by atoms with Gasteiger partial charge in [-0.05, 0) is 36.5 Å². The molecule has 1 N–H and O–H groups in total. The van der Waals surface area contributed by atoms with Gasteiger partial charge < -0.3 is 14.5 Å². The van der Waals surface area contributed by atoms with Gasteiger partial charge in [-0.1, -0.05) is 43.5 Å². The standard InChI is InChI=1S/C21H23NO5/c23-18(14-27-20(24)13-22-21(25)19-7-4-12-26-19)17-10-8-16(9-11-17)15-5-2-1-3-6-15/h4,7-12,15H,1-3,5-6,13-14H2,(H,22,25). The molecule has 3 rings (SSSR count). The van der Waals surface area contributed by atoms with Gasteiger partial charge in [0.25, 0.3) is 5.91 Å². The van der Waals surface area contributed by atoms with Crippen LogP contribution in [0.5, 0.6) is 0 Å². The average molecular weight is 369 g/mol. The molecule has 27 heavy (non-hydrogen) atoms. The second-order valence-corrected chi connectivity index (χ2v) is 6.70. The zero-order valence-electron chi connectivity index (χ0n) is 15.1. The first-order valence-electron chi connectivity index (χ1n) is 9.24. The van der Waals surface area contributed by atoms with Crippen molar-refractivity contribution in [1.82, 2.24) is 5.32 Å². The summed E-state index contributed by atoms with van der Waals surface area (Å²) in [7, 11) is 0. The number of amides is 1. The number of Topliss-reactive ketones (excluding diaryl/α,β-unsaturated/α-hetero) is 1. The van der Waals surface area contributed by atoms with E-state index in [1.165, 1.54) is 50.0 Å². The summed E-state index contributed by atoms with van der Waals surface area (Å²) in [4.78, 5) is 35.5. The number of carbonyl (C=O) groups is 3. The highest BCUT2D eigenvalue weighted by atomic mass is 16.5. The predicted molar refractivity (Wildman–Crippen MR) is 98.6 cm³/mol. The van der Waals surface area contributed by atoms with Crippen molar-refractivity contribution in [2.75, 3.05) is 13.2 Å². The minimum atomic E-state index is -0.679. The van der Waals surface area contributed by atoms with Crippen LogP contribution in [0.25, 0.3) is 0 Å². The van der Waals surface area contributed by atoms with Gasteiger partial charge in [-0.2, -0.15) is 0 Å². The Hall–Kier alpha value is -2.89. The number of carbonyl (C=O) groups excluding carboxylic acids is 3. The largest absolute Gasteiger partial charge is 0.459 e. The molecule has 1 fully saturated rings. The fourth-order valence-electron chi connectivity index (χ4n) is 3.30. The molecule has 142 valence electrons. The zero-order valence-corrected chi connectivity index (χ0v) is 15.1. The van der Waals surface area contributed by atoms with E-state index in [4.69, 9.17) is 9.15 Å². The highest BCUT2D eigenvalue weighted by Gasteiger charge is 2.17. The number of furan rings is 1. The minimum Gasteiger partial charge on any atom is -0.459 e. The van der Waals surface area contributed by atoms with Crippen LogP contribution >= 0.6 is 0 Å². The Morgan fingerprint density at radius 2 is 1.78 bits per heavy atom. The van der Waals surface area contributed by atoms with Crippen LogP contribution in [0.2, 0.25) is 0 Å². The van der Waals surface area contributed by atoms with E-state index in [1.54, 1.807) is 18.2 Å². The van der Waals surface area contributed by atoms with E-state index in [0.717, 1.165) is 0 Å². The maximum atomic E-state index is 12.2. The average Bonchev–Trinajstić information content (AvgIpc) is 3.26. The van der Waals surface area contributed by atoms with Gasteiger partial charge in [-0.15, -0.1) is 0 Å². The molecule has 1 aliphatic rings. The first kappa shape index (κ1) is 18.9. The monoisotopic (exact) mass is 369 g/mol. The molecule has 2 aromatic rings. The van der Waals surface area contributed by atoms with E-state index in [2.05, 4.69) is 5.32 Å². The van der Waals surface area contributed by atoms with Crippen LogP contribution in [0.15, 0.2) is 47.1 Å². The number of nitrogens with one attached hydrogen (secondary N) is 1. The van der Waals surface area contributed by atoms with Gasteiger partial charge in [-0.3, -0.25) is 14.4 Å². The number of ether oxygens (including phenoxy) is 1. The number of benzene rings is 1. The summed E-state index contributed by atoms with van der Waals surface area (Å²) in [6, 6.07) is 10.6. The van der Waals surface area contributed by atoms with Gasteiger partial charge >= 0.3 is 5.97 Å². The molecule has 0 saturated heterocycles. The Morgan fingerprint density at radius 3 is 2.44 bits per heavy atom. The van der Waals surface area contributed by atoms with Crippen LogP contribution in [-0.4, -0.2) is 30.8 Å². The van der Waals surface area contributed by atoms with Crippen molar-refractivity contribution in [2.45, 2.75) is 38.0 Å². The van der Waals surface area contributed by atoms with Crippen molar-refractivity contribution < 1.29 is 23.5 Å². The second kappa shape index (κ2) is 9.16. The molecular weight excluding hydrogens is 346 g/mol. The van der Waals surface area contributed by atoms with E-state index in [-0.39, 0.29) is 24.7 Å². The number of esters is 1. The van der Waals surface area contributed by atoms with Gasteiger partial charge in [0.05, 0.1) is 6.26 Å². The SMILES string of the molecule is O=C(CNC(=O)c1ccco1)OCC(=O)c1ccc(C2CCCCC2)cc1. The lowest BCUT2D eigenvalue weighted by molar-refractivity contribution is -0.141. The Labute approximate surface area is 157 Å². The molecule has 1 aromatic carbocycles.